The number of nitrogens with one attached hydrogen (secondary N) is 1. The van der Waals surface area contributed by atoms with E-state index in [-0.39, 0.29) is 12.0 Å². The molecule has 1 N–H and O–H groups in total. The van der Waals surface area contributed by atoms with Gasteiger partial charge in [-0.15, -0.1) is 0 Å². The summed E-state index contributed by atoms with van der Waals surface area (Å²) >= 11 is 1.57. The maximum atomic E-state index is 12.6. The molecule has 9 heteroatoms. The van der Waals surface area contributed by atoms with E-state index in [0.717, 1.165) is 66.6 Å². The van der Waals surface area contributed by atoms with Crippen molar-refractivity contribution in [2.45, 2.75) is 43.2 Å². The third-order valence-corrected chi connectivity index (χ3v) is 7.38. The van der Waals surface area contributed by atoms with Crippen LogP contribution >= 0.6 is 11.8 Å². The summed E-state index contributed by atoms with van der Waals surface area (Å²) in [7, 11) is 5.32. The van der Waals surface area contributed by atoms with Gasteiger partial charge in [0.1, 0.15) is 5.82 Å². The van der Waals surface area contributed by atoms with E-state index in [1.54, 1.807) is 26.0 Å². The number of carbonyl (C=O) groups excluding carboxylic acids is 1. The van der Waals surface area contributed by atoms with Crippen molar-refractivity contribution in [2.75, 3.05) is 45.9 Å². The topological polar surface area (TPSA) is 85.8 Å². The third-order valence-electron chi connectivity index (χ3n) is 6.47. The summed E-state index contributed by atoms with van der Waals surface area (Å²) in [6, 6.07) is 15.7. The van der Waals surface area contributed by atoms with Crippen LogP contribution in [0.1, 0.15) is 40.0 Å². The summed E-state index contributed by atoms with van der Waals surface area (Å²) in [6.45, 7) is 4.11. The van der Waals surface area contributed by atoms with Crippen LogP contribution in [0.4, 0.5) is 5.82 Å². The number of rotatable bonds is 12. The fraction of sp³-hybridized carbons (Fsp3) is 0.414. The fourth-order valence-corrected chi connectivity index (χ4v) is 5.14. The number of carbonyl (C=O) groups is 1. The quantitative estimate of drug-likeness (QED) is 0.264. The van der Waals surface area contributed by atoms with Gasteiger partial charge in [0.05, 0.1) is 20.3 Å². The summed E-state index contributed by atoms with van der Waals surface area (Å²) < 4.78 is 16.4. The Morgan fingerprint density at radius 3 is 2.71 bits per heavy atom. The van der Waals surface area contributed by atoms with Crippen molar-refractivity contribution in [1.29, 1.82) is 0 Å². The number of anilines is 1. The van der Waals surface area contributed by atoms with E-state index in [1.807, 2.05) is 56.4 Å². The zero-order valence-corrected chi connectivity index (χ0v) is 23.3. The molecule has 0 spiro atoms. The molecule has 4 rings (SSSR count). The molecule has 2 aromatic carbocycles. The summed E-state index contributed by atoms with van der Waals surface area (Å²) in [5.74, 6) is 2.93. The molecule has 1 fully saturated rings. The number of methoxy groups -OCH3 is 2. The maximum Gasteiger partial charge on any atom is 0.251 e. The second-order valence-electron chi connectivity index (χ2n) is 9.35. The van der Waals surface area contributed by atoms with Gasteiger partial charge in [0.15, 0.2) is 16.7 Å². The minimum absolute atomic E-state index is 0.0717. The zero-order chi connectivity index (χ0) is 26.9. The van der Waals surface area contributed by atoms with Gasteiger partial charge < -0.3 is 24.4 Å². The van der Waals surface area contributed by atoms with Gasteiger partial charge in [0, 0.05) is 49.8 Å². The first-order valence-corrected chi connectivity index (χ1v) is 13.8. The first-order chi connectivity index (χ1) is 18.4. The average Bonchev–Trinajstić information content (AvgIpc) is 3.47. The maximum absolute atomic E-state index is 12.6. The van der Waals surface area contributed by atoms with E-state index in [9.17, 15) is 4.79 Å². The Balaban J connectivity index is 1.34. The zero-order valence-electron chi connectivity index (χ0n) is 22.5. The molecule has 0 aliphatic carbocycles. The van der Waals surface area contributed by atoms with Gasteiger partial charge in [-0.2, -0.15) is 0 Å². The molecule has 3 aromatic rings. The van der Waals surface area contributed by atoms with Crippen molar-refractivity contribution in [3.05, 3.63) is 70.9 Å². The van der Waals surface area contributed by atoms with Crippen LogP contribution in [0.25, 0.3) is 0 Å². The molecular weight excluding hydrogens is 500 g/mol. The summed E-state index contributed by atoms with van der Waals surface area (Å²) in [6.07, 6.45) is 3.02. The number of likely N-dealkylation sites (N-methyl/N-ethyl adjacent to an activating group) is 1. The number of nitrogens with zero attached hydrogens (tertiary/aromatic N) is 3. The number of hydrogen-bond donors (Lipinski definition) is 1. The van der Waals surface area contributed by atoms with Gasteiger partial charge in [-0.1, -0.05) is 30.0 Å². The number of aromatic nitrogens is 2. The minimum Gasteiger partial charge on any atom is -0.493 e. The fourth-order valence-electron chi connectivity index (χ4n) is 4.30. The van der Waals surface area contributed by atoms with E-state index >= 15 is 0 Å². The van der Waals surface area contributed by atoms with Crippen LogP contribution in [0.5, 0.6) is 11.5 Å². The lowest BCUT2D eigenvalue weighted by atomic mass is 10.1. The largest absolute Gasteiger partial charge is 0.493 e. The highest BCUT2D eigenvalue weighted by atomic mass is 32.2. The van der Waals surface area contributed by atoms with Gasteiger partial charge in [0.25, 0.3) is 5.91 Å². The van der Waals surface area contributed by atoms with Crippen LogP contribution in [-0.2, 0) is 16.9 Å². The Morgan fingerprint density at radius 1 is 1.11 bits per heavy atom. The highest BCUT2D eigenvalue weighted by molar-refractivity contribution is 7.98. The molecule has 1 amide bonds. The molecule has 1 aliphatic rings. The number of benzene rings is 2. The Morgan fingerprint density at radius 2 is 1.95 bits per heavy atom. The number of hydrogen-bond acceptors (Lipinski definition) is 8. The van der Waals surface area contributed by atoms with Gasteiger partial charge in [-0.25, -0.2) is 9.97 Å². The van der Waals surface area contributed by atoms with Gasteiger partial charge in [-0.3, -0.25) is 4.79 Å². The Kier molecular flexibility index (Phi) is 9.84. The summed E-state index contributed by atoms with van der Waals surface area (Å²) in [4.78, 5) is 24.2. The number of ether oxygens (including phenoxy) is 3. The molecule has 0 bridgehead atoms. The summed E-state index contributed by atoms with van der Waals surface area (Å²) in [5.41, 5.74) is 3.78. The first kappa shape index (κ1) is 27.7. The minimum atomic E-state index is -0.0717. The molecule has 0 saturated carbocycles. The van der Waals surface area contributed by atoms with Crippen LogP contribution in [0, 0.1) is 6.92 Å². The first-order valence-electron chi connectivity index (χ1n) is 12.8. The number of amides is 1. The van der Waals surface area contributed by atoms with E-state index < -0.39 is 0 Å². The van der Waals surface area contributed by atoms with Crippen molar-refractivity contribution in [3.8, 4) is 11.5 Å². The van der Waals surface area contributed by atoms with Gasteiger partial charge in [0.2, 0.25) is 0 Å². The average molecular weight is 537 g/mol. The Hall–Kier alpha value is -3.30. The number of thioether (sulfide) groups is 1. The van der Waals surface area contributed by atoms with Crippen molar-refractivity contribution in [3.63, 3.8) is 0 Å². The lowest BCUT2D eigenvalue weighted by Crippen LogP contribution is -2.31. The van der Waals surface area contributed by atoms with Crippen LogP contribution in [-0.4, -0.2) is 62.9 Å². The molecule has 1 atom stereocenters. The van der Waals surface area contributed by atoms with Crippen molar-refractivity contribution < 1.29 is 19.0 Å². The highest BCUT2D eigenvalue weighted by Gasteiger charge is 2.17. The van der Waals surface area contributed by atoms with E-state index in [4.69, 9.17) is 19.2 Å². The van der Waals surface area contributed by atoms with Crippen molar-refractivity contribution in [2.24, 2.45) is 0 Å². The molecular formula is C29H36N4O4S. The SMILES string of the molecule is COc1ccc(CCN(C)c2cc(C)nc(SCc3cccc(C(=O)NC[C@@H]4CCCO4)c3)n2)cc1OC. The second-order valence-corrected chi connectivity index (χ2v) is 10.3. The molecule has 1 aliphatic heterocycles. The second kappa shape index (κ2) is 13.5. The molecule has 0 unspecified atom stereocenters. The molecule has 1 saturated heterocycles. The third kappa shape index (κ3) is 7.61. The monoisotopic (exact) mass is 536 g/mol. The summed E-state index contributed by atoms with van der Waals surface area (Å²) in [5, 5.41) is 3.70. The van der Waals surface area contributed by atoms with Crippen LogP contribution in [0.2, 0.25) is 0 Å². The highest BCUT2D eigenvalue weighted by Crippen LogP contribution is 2.28. The van der Waals surface area contributed by atoms with Crippen LogP contribution < -0.4 is 19.7 Å². The lowest BCUT2D eigenvalue weighted by Gasteiger charge is -2.19. The molecule has 202 valence electrons. The molecule has 1 aromatic heterocycles. The van der Waals surface area contributed by atoms with Crippen molar-refractivity contribution in [1.82, 2.24) is 15.3 Å². The number of aryl methyl sites for hydroxylation is 1. The Bertz CT molecular complexity index is 1230. The van der Waals surface area contributed by atoms with Crippen LogP contribution in [0.3, 0.4) is 0 Å². The van der Waals surface area contributed by atoms with E-state index in [1.165, 1.54) is 0 Å². The van der Waals surface area contributed by atoms with E-state index in [2.05, 4.69) is 21.3 Å². The lowest BCUT2D eigenvalue weighted by molar-refractivity contribution is 0.0857. The molecule has 8 nitrogen and oxygen atoms in total. The molecule has 2 heterocycles. The molecule has 38 heavy (non-hydrogen) atoms. The predicted octanol–water partition coefficient (Wildman–Crippen LogP) is 4.68. The predicted molar refractivity (Wildman–Crippen MR) is 151 cm³/mol. The van der Waals surface area contributed by atoms with Gasteiger partial charge >= 0.3 is 0 Å². The van der Waals surface area contributed by atoms with Gasteiger partial charge in [-0.05, 0) is 61.6 Å². The Labute approximate surface area is 229 Å². The standard InChI is InChI=1S/C29H36N4O4S/c1-20-15-27(33(2)13-12-21-10-11-25(35-3)26(17-21)36-4)32-29(31-20)38-19-22-7-5-8-23(16-22)28(34)30-18-24-9-6-14-37-24/h5,7-8,10-11,15-17,24H,6,9,12-14,18-19H2,1-4H3,(H,30,34)/t24-/m0/s1. The van der Waals surface area contributed by atoms with Crippen LogP contribution in [0.15, 0.2) is 53.7 Å². The van der Waals surface area contributed by atoms with Crippen molar-refractivity contribution >= 4 is 23.5 Å². The molecule has 0 radical (unpaired) electrons. The smallest absolute Gasteiger partial charge is 0.251 e. The normalized spacial score (nSPS) is 14.8. The van der Waals surface area contributed by atoms with E-state index in [0.29, 0.717) is 23.0 Å².